The monoisotopic (exact) mass is 220 g/mol. The summed E-state index contributed by atoms with van der Waals surface area (Å²) in [7, 11) is 1.99. The Balaban J connectivity index is 2.37. The lowest BCUT2D eigenvalue weighted by Gasteiger charge is -2.34. The predicted octanol–water partition coefficient (Wildman–Crippen LogP) is 2.03. The summed E-state index contributed by atoms with van der Waals surface area (Å²) in [6.45, 7) is 3.05. The van der Waals surface area contributed by atoms with Gasteiger partial charge in [0, 0.05) is 19.6 Å². The van der Waals surface area contributed by atoms with E-state index in [-0.39, 0.29) is 0 Å². The molecule has 16 heavy (non-hydrogen) atoms. The molecule has 0 spiro atoms. The summed E-state index contributed by atoms with van der Waals surface area (Å²) >= 11 is 0. The molecule has 1 atom stereocenters. The molecule has 0 fully saturated rings. The predicted molar refractivity (Wildman–Crippen MR) is 64.4 cm³/mol. The molecule has 2 rings (SSSR count). The number of benzene rings is 1. The van der Waals surface area contributed by atoms with Crippen LogP contribution < -0.4 is 10.2 Å². The zero-order valence-corrected chi connectivity index (χ0v) is 9.53. The van der Waals surface area contributed by atoms with Crippen LogP contribution in [0.1, 0.15) is 23.7 Å². The quantitative estimate of drug-likeness (QED) is 0.800. The van der Waals surface area contributed by atoms with E-state index >= 15 is 0 Å². The molecule has 0 saturated carbocycles. The molecule has 4 nitrogen and oxygen atoms in total. The number of hydrogen-bond donors (Lipinski definition) is 2. The lowest BCUT2D eigenvalue weighted by Crippen LogP contribution is -2.38. The van der Waals surface area contributed by atoms with Gasteiger partial charge in [0.15, 0.2) is 0 Å². The fraction of sp³-hybridized carbons (Fsp3) is 0.417. The lowest BCUT2D eigenvalue weighted by atomic mass is 10.1. The zero-order chi connectivity index (χ0) is 11.7. The summed E-state index contributed by atoms with van der Waals surface area (Å²) in [5.74, 6) is -0.881. The maximum atomic E-state index is 10.9. The van der Waals surface area contributed by atoms with Crippen molar-refractivity contribution in [3.8, 4) is 0 Å². The van der Waals surface area contributed by atoms with Crippen LogP contribution in [0.5, 0.6) is 0 Å². The van der Waals surface area contributed by atoms with Crippen LogP contribution in [0.2, 0.25) is 0 Å². The highest BCUT2D eigenvalue weighted by atomic mass is 16.4. The smallest absolute Gasteiger partial charge is 0.335 e. The van der Waals surface area contributed by atoms with Crippen molar-refractivity contribution in [1.29, 1.82) is 0 Å². The van der Waals surface area contributed by atoms with E-state index < -0.39 is 5.97 Å². The van der Waals surface area contributed by atoms with Crippen molar-refractivity contribution in [2.45, 2.75) is 19.4 Å². The van der Waals surface area contributed by atoms with Crippen LogP contribution in [0.25, 0.3) is 0 Å². The molecule has 0 bridgehead atoms. The minimum absolute atomic E-state index is 0.336. The third-order valence-corrected chi connectivity index (χ3v) is 3.00. The van der Waals surface area contributed by atoms with E-state index in [1.54, 1.807) is 12.1 Å². The minimum atomic E-state index is -0.881. The van der Waals surface area contributed by atoms with E-state index in [0.29, 0.717) is 11.6 Å². The van der Waals surface area contributed by atoms with Gasteiger partial charge in [-0.3, -0.25) is 0 Å². The van der Waals surface area contributed by atoms with Gasteiger partial charge < -0.3 is 15.3 Å². The number of hydrogen-bond acceptors (Lipinski definition) is 3. The third-order valence-electron chi connectivity index (χ3n) is 3.00. The number of nitrogens with one attached hydrogen (secondary N) is 1. The summed E-state index contributed by atoms with van der Waals surface area (Å²) in [5.41, 5.74) is 2.32. The lowest BCUT2D eigenvalue weighted by molar-refractivity contribution is 0.0697. The highest BCUT2D eigenvalue weighted by Crippen LogP contribution is 2.31. The SMILES string of the molecule is CCC1CN(C)c2cc(C(=O)O)ccc2N1. The molecule has 0 aromatic heterocycles. The Morgan fingerprint density at radius 3 is 3.00 bits per heavy atom. The van der Waals surface area contributed by atoms with Gasteiger partial charge in [-0.15, -0.1) is 0 Å². The molecule has 1 aliphatic heterocycles. The summed E-state index contributed by atoms with van der Waals surface area (Å²) in [5, 5.41) is 12.3. The van der Waals surface area contributed by atoms with E-state index in [0.717, 1.165) is 24.3 Å². The van der Waals surface area contributed by atoms with Crippen LogP contribution >= 0.6 is 0 Å². The van der Waals surface area contributed by atoms with E-state index in [1.807, 2.05) is 13.1 Å². The van der Waals surface area contributed by atoms with Crippen LogP contribution in [0, 0.1) is 0 Å². The number of fused-ring (bicyclic) bond motifs is 1. The van der Waals surface area contributed by atoms with Crippen molar-refractivity contribution >= 4 is 17.3 Å². The molecule has 0 aliphatic carbocycles. The van der Waals surface area contributed by atoms with Crippen molar-refractivity contribution < 1.29 is 9.90 Å². The number of carboxylic acid groups (broad SMARTS) is 1. The van der Waals surface area contributed by atoms with Crippen LogP contribution in [0.4, 0.5) is 11.4 Å². The zero-order valence-electron chi connectivity index (χ0n) is 9.53. The maximum absolute atomic E-state index is 10.9. The summed E-state index contributed by atoms with van der Waals surface area (Å²) < 4.78 is 0. The maximum Gasteiger partial charge on any atom is 0.335 e. The van der Waals surface area contributed by atoms with Crippen molar-refractivity contribution in [1.82, 2.24) is 0 Å². The largest absolute Gasteiger partial charge is 0.478 e. The van der Waals surface area contributed by atoms with Gasteiger partial charge >= 0.3 is 5.97 Å². The summed E-state index contributed by atoms with van der Waals surface area (Å²) in [4.78, 5) is 13.0. The topological polar surface area (TPSA) is 52.6 Å². The molecule has 4 heteroatoms. The van der Waals surface area contributed by atoms with Gasteiger partial charge in [0.1, 0.15) is 0 Å². The van der Waals surface area contributed by atoms with Gasteiger partial charge in [0.25, 0.3) is 0 Å². The van der Waals surface area contributed by atoms with E-state index in [1.165, 1.54) is 0 Å². The Labute approximate surface area is 94.9 Å². The first-order valence-corrected chi connectivity index (χ1v) is 5.47. The molecule has 1 unspecified atom stereocenters. The highest BCUT2D eigenvalue weighted by Gasteiger charge is 2.21. The van der Waals surface area contributed by atoms with E-state index in [2.05, 4.69) is 17.1 Å². The molecule has 1 aromatic carbocycles. The Bertz CT molecular complexity index is 417. The van der Waals surface area contributed by atoms with Crippen molar-refractivity contribution in [2.75, 3.05) is 23.8 Å². The second-order valence-electron chi connectivity index (χ2n) is 4.17. The fourth-order valence-electron chi connectivity index (χ4n) is 2.03. The van der Waals surface area contributed by atoms with E-state index in [9.17, 15) is 4.79 Å². The Morgan fingerprint density at radius 1 is 1.62 bits per heavy atom. The molecule has 1 aliphatic rings. The molecular weight excluding hydrogens is 204 g/mol. The van der Waals surface area contributed by atoms with E-state index in [4.69, 9.17) is 5.11 Å². The number of carboxylic acids is 1. The second kappa shape index (κ2) is 4.04. The molecule has 1 heterocycles. The van der Waals surface area contributed by atoms with Crippen molar-refractivity contribution in [3.63, 3.8) is 0 Å². The standard InChI is InChI=1S/C12H16N2O2/c1-3-9-7-14(2)11-6-8(12(15)16)4-5-10(11)13-9/h4-6,9,13H,3,7H2,1-2H3,(H,15,16). The van der Waals surface area contributed by atoms with Gasteiger partial charge in [-0.2, -0.15) is 0 Å². The van der Waals surface area contributed by atoms with Crippen LogP contribution in [0.3, 0.4) is 0 Å². The first kappa shape index (κ1) is 10.8. The Hall–Kier alpha value is -1.71. The molecule has 0 radical (unpaired) electrons. The van der Waals surface area contributed by atoms with Gasteiger partial charge in [-0.05, 0) is 24.6 Å². The second-order valence-corrected chi connectivity index (χ2v) is 4.17. The normalized spacial score (nSPS) is 18.9. The van der Waals surface area contributed by atoms with Gasteiger partial charge in [-0.25, -0.2) is 4.79 Å². The first-order valence-electron chi connectivity index (χ1n) is 5.47. The Morgan fingerprint density at radius 2 is 2.38 bits per heavy atom. The molecule has 86 valence electrons. The van der Waals surface area contributed by atoms with Crippen LogP contribution in [0.15, 0.2) is 18.2 Å². The molecule has 0 saturated heterocycles. The first-order chi connectivity index (χ1) is 7.61. The summed E-state index contributed by atoms with van der Waals surface area (Å²) in [6.07, 6.45) is 1.06. The number of nitrogens with zero attached hydrogens (tertiary/aromatic N) is 1. The summed E-state index contributed by atoms with van der Waals surface area (Å²) in [6, 6.07) is 5.64. The molecular formula is C12H16N2O2. The van der Waals surface area contributed by atoms with Crippen molar-refractivity contribution in [3.05, 3.63) is 23.8 Å². The Kier molecular flexibility index (Phi) is 2.73. The third kappa shape index (κ3) is 1.83. The number of rotatable bonds is 2. The van der Waals surface area contributed by atoms with Gasteiger partial charge in [0.2, 0.25) is 0 Å². The fourth-order valence-corrected chi connectivity index (χ4v) is 2.03. The molecule has 2 N–H and O–H groups in total. The van der Waals surface area contributed by atoms with Crippen LogP contribution in [-0.4, -0.2) is 30.7 Å². The highest BCUT2D eigenvalue weighted by molar-refractivity contribution is 5.91. The molecule has 1 aromatic rings. The number of aromatic carboxylic acids is 1. The van der Waals surface area contributed by atoms with Crippen LogP contribution in [-0.2, 0) is 0 Å². The molecule has 0 amide bonds. The number of likely N-dealkylation sites (N-methyl/N-ethyl adjacent to an activating group) is 1. The number of carbonyl (C=O) groups is 1. The average Bonchev–Trinajstić information content (AvgIpc) is 2.28. The van der Waals surface area contributed by atoms with Gasteiger partial charge in [0.05, 0.1) is 16.9 Å². The average molecular weight is 220 g/mol. The van der Waals surface area contributed by atoms with Gasteiger partial charge in [-0.1, -0.05) is 6.92 Å². The number of anilines is 2. The van der Waals surface area contributed by atoms with Crippen molar-refractivity contribution in [2.24, 2.45) is 0 Å². The minimum Gasteiger partial charge on any atom is -0.478 e.